The molecule has 1 aliphatic carbocycles. The summed E-state index contributed by atoms with van der Waals surface area (Å²) in [6, 6.07) is 8.84. The number of carbonyl (C=O) groups is 1. The standard InChI is InChI=1S/C16H22O/c1-11-14(9-10-15(11)17)12-5-7-13(8-6-12)16(2,3)4/h5-8,11,14H,9-10H2,1-4H3. The molecule has 0 aromatic heterocycles. The molecule has 0 bridgehead atoms. The monoisotopic (exact) mass is 230 g/mol. The van der Waals surface area contributed by atoms with E-state index in [4.69, 9.17) is 0 Å². The van der Waals surface area contributed by atoms with Crippen LogP contribution in [0.25, 0.3) is 0 Å². The van der Waals surface area contributed by atoms with Gasteiger partial charge in [-0.15, -0.1) is 0 Å². The van der Waals surface area contributed by atoms with E-state index in [1.807, 2.05) is 0 Å². The number of carbonyl (C=O) groups excluding carboxylic acids is 1. The third kappa shape index (κ3) is 2.43. The van der Waals surface area contributed by atoms with Gasteiger partial charge in [0, 0.05) is 12.3 Å². The van der Waals surface area contributed by atoms with Crippen LogP contribution in [0.3, 0.4) is 0 Å². The van der Waals surface area contributed by atoms with E-state index in [1.165, 1.54) is 11.1 Å². The summed E-state index contributed by atoms with van der Waals surface area (Å²) in [5.41, 5.74) is 2.89. The first-order valence-electron chi connectivity index (χ1n) is 6.53. The van der Waals surface area contributed by atoms with Gasteiger partial charge >= 0.3 is 0 Å². The Hall–Kier alpha value is -1.11. The SMILES string of the molecule is CC1C(=O)CCC1c1ccc(C(C)(C)C)cc1. The number of Topliss-reactive ketones (excluding diaryl/α,β-unsaturated/α-hetero) is 1. The van der Waals surface area contributed by atoms with E-state index in [0.717, 1.165) is 12.8 Å². The normalized spacial score (nSPS) is 25.3. The van der Waals surface area contributed by atoms with Crippen LogP contribution in [0.5, 0.6) is 0 Å². The number of hydrogen-bond donors (Lipinski definition) is 0. The molecule has 0 spiro atoms. The van der Waals surface area contributed by atoms with Crippen LogP contribution in [0.4, 0.5) is 0 Å². The molecule has 0 aliphatic heterocycles. The van der Waals surface area contributed by atoms with Gasteiger partial charge in [-0.05, 0) is 28.9 Å². The third-order valence-electron chi connectivity index (χ3n) is 4.02. The van der Waals surface area contributed by atoms with Crippen molar-refractivity contribution in [3.05, 3.63) is 35.4 Å². The van der Waals surface area contributed by atoms with Crippen LogP contribution in [0.2, 0.25) is 0 Å². The molecule has 1 nitrogen and oxygen atoms in total. The maximum atomic E-state index is 11.6. The molecule has 1 fully saturated rings. The summed E-state index contributed by atoms with van der Waals surface area (Å²) in [6.45, 7) is 8.74. The second-order valence-corrected chi connectivity index (χ2v) is 6.27. The lowest BCUT2D eigenvalue weighted by Crippen LogP contribution is -2.12. The van der Waals surface area contributed by atoms with Crippen LogP contribution in [-0.4, -0.2) is 5.78 Å². The van der Waals surface area contributed by atoms with Crippen molar-refractivity contribution in [2.75, 3.05) is 0 Å². The van der Waals surface area contributed by atoms with E-state index in [2.05, 4.69) is 52.0 Å². The lowest BCUT2D eigenvalue weighted by Gasteiger charge is -2.21. The molecule has 0 heterocycles. The fourth-order valence-electron chi connectivity index (χ4n) is 2.69. The third-order valence-corrected chi connectivity index (χ3v) is 4.02. The maximum Gasteiger partial charge on any atom is 0.136 e. The van der Waals surface area contributed by atoms with Crippen molar-refractivity contribution in [1.29, 1.82) is 0 Å². The molecule has 0 N–H and O–H groups in total. The highest BCUT2D eigenvalue weighted by Gasteiger charge is 2.31. The summed E-state index contributed by atoms with van der Waals surface area (Å²) < 4.78 is 0. The van der Waals surface area contributed by atoms with E-state index in [0.29, 0.717) is 11.7 Å². The molecule has 2 atom stereocenters. The van der Waals surface area contributed by atoms with Gasteiger partial charge in [0.25, 0.3) is 0 Å². The van der Waals surface area contributed by atoms with Crippen molar-refractivity contribution in [2.45, 2.75) is 51.9 Å². The van der Waals surface area contributed by atoms with Crippen LogP contribution in [0.15, 0.2) is 24.3 Å². The Morgan fingerprint density at radius 1 is 1.12 bits per heavy atom. The Balaban J connectivity index is 2.22. The Morgan fingerprint density at radius 2 is 1.71 bits per heavy atom. The van der Waals surface area contributed by atoms with Crippen LogP contribution in [0, 0.1) is 5.92 Å². The lowest BCUT2D eigenvalue weighted by atomic mass is 9.84. The van der Waals surface area contributed by atoms with E-state index < -0.39 is 0 Å². The van der Waals surface area contributed by atoms with Crippen LogP contribution < -0.4 is 0 Å². The highest BCUT2D eigenvalue weighted by molar-refractivity contribution is 5.84. The van der Waals surface area contributed by atoms with E-state index >= 15 is 0 Å². The molecular weight excluding hydrogens is 208 g/mol. The van der Waals surface area contributed by atoms with Gasteiger partial charge in [0.15, 0.2) is 0 Å². The summed E-state index contributed by atoms with van der Waals surface area (Å²) in [4.78, 5) is 11.6. The molecular formula is C16H22O. The molecule has 1 aliphatic rings. The minimum absolute atomic E-state index is 0.204. The van der Waals surface area contributed by atoms with Crippen molar-refractivity contribution in [2.24, 2.45) is 5.92 Å². The van der Waals surface area contributed by atoms with E-state index in [1.54, 1.807) is 0 Å². The minimum atomic E-state index is 0.204. The van der Waals surface area contributed by atoms with Crippen LogP contribution >= 0.6 is 0 Å². The number of rotatable bonds is 1. The molecule has 0 radical (unpaired) electrons. The number of hydrogen-bond acceptors (Lipinski definition) is 1. The number of benzene rings is 1. The molecule has 2 rings (SSSR count). The predicted molar refractivity (Wildman–Crippen MR) is 71.3 cm³/mol. The van der Waals surface area contributed by atoms with Crippen molar-refractivity contribution in [1.82, 2.24) is 0 Å². The zero-order valence-electron chi connectivity index (χ0n) is 11.3. The van der Waals surface area contributed by atoms with Gasteiger partial charge in [-0.3, -0.25) is 4.79 Å². The molecule has 1 heteroatoms. The van der Waals surface area contributed by atoms with Gasteiger partial charge in [-0.2, -0.15) is 0 Å². The summed E-state index contributed by atoms with van der Waals surface area (Å²) in [5, 5.41) is 0. The minimum Gasteiger partial charge on any atom is -0.299 e. The summed E-state index contributed by atoms with van der Waals surface area (Å²) in [7, 11) is 0. The average molecular weight is 230 g/mol. The maximum absolute atomic E-state index is 11.6. The molecule has 0 amide bonds. The molecule has 1 aromatic carbocycles. The smallest absolute Gasteiger partial charge is 0.136 e. The zero-order valence-corrected chi connectivity index (χ0v) is 11.3. The summed E-state index contributed by atoms with van der Waals surface area (Å²) in [6.07, 6.45) is 1.78. The van der Waals surface area contributed by atoms with Gasteiger partial charge < -0.3 is 0 Å². The molecule has 0 saturated heterocycles. The first-order valence-corrected chi connectivity index (χ1v) is 6.53. The summed E-state index contributed by atoms with van der Waals surface area (Å²) in [5.74, 6) is 1.07. The Morgan fingerprint density at radius 3 is 2.12 bits per heavy atom. The summed E-state index contributed by atoms with van der Waals surface area (Å²) >= 11 is 0. The molecule has 17 heavy (non-hydrogen) atoms. The second-order valence-electron chi connectivity index (χ2n) is 6.27. The largest absolute Gasteiger partial charge is 0.299 e. The van der Waals surface area contributed by atoms with E-state index in [-0.39, 0.29) is 11.3 Å². The quantitative estimate of drug-likeness (QED) is 0.711. The first-order chi connectivity index (χ1) is 7.89. The van der Waals surface area contributed by atoms with Crippen molar-refractivity contribution >= 4 is 5.78 Å². The van der Waals surface area contributed by atoms with Crippen molar-refractivity contribution < 1.29 is 4.79 Å². The van der Waals surface area contributed by atoms with Crippen molar-refractivity contribution in [3.8, 4) is 0 Å². The highest BCUT2D eigenvalue weighted by Crippen LogP contribution is 2.37. The zero-order chi connectivity index (χ0) is 12.6. The molecule has 92 valence electrons. The molecule has 1 aromatic rings. The Kier molecular flexibility index (Phi) is 3.11. The van der Waals surface area contributed by atoms with Gasteiger partial charge in [-0.25, -0.2) is 0 Å². The van der Waals surface area contributed by atoms with Crippen LogP contribution in [0.1, 0.15) is 57.6 Å². The van der Waals surface area contributed by atoms with Crippen molar-refractivity contribution in [3.63, 3.8) is 0 Å². The Bertz CT molecular complexity index is 408. The molecule has 1 saturated carbocycles. The predicted octanol–water partition coefficient (Wildman–Crippen LogP) is 4.07. The fourth-order valence-corrected chi connectivity index (χ4v) is 2.69. The van der Waals surface area contributed by atoms with Gasteiger partial charge in [0.05, 0.1) is 0 Å². The Labute approximate surface area is 104 Å². The average Bonchev–Trinajstić information content (AvgIpc) is 2.59. The topological polar surface area (TPSA) is 17.1 Å². The fraction of sp³-hybridized carbons (Fsp3) is 0.562. The first kappa shape index (κ1) is 12.3. The molecule has 2 unspecified atom stereocenters. The van der Waals surface area contributed by atoms with Gasteiger partial charge in [-0.1, -0.05) is 52.0 Å². The van der Waals surface area contributed by atoms with Crippen LogP contribution in [-0.2, 0) is 10.2 Å². The lowest BCUT2D eigenvalue weighted by molar-refractivity contribution is -0.120. The van der Waals surface area contributed by atoms with E-state index in [9.17, 15) is 4.79 Å². The highest BCUT2D eigenvalue weighted by atomic mass is 16.1. The van der Waals surface area contributed by atoms with Gasteiger partial charge in [0.2, 0.25) is 0 Å². The second kappa shape index (κ2) is 4.29. The number of ketones is 1. The van der Waals surface area contributed by atoms with Gasteiger partial charge in [0.1, 0.15) is 5.78 Å².